The van der Waals surface area contributed by atoms with Crippen LogP contribution in [0.25, 0.3) is 10.9 Å². The number of halogens is 1. The highest BCUT2D eigenvalue weighted by Crippen LogP contribution is 2.22. The molecule has 1 aromatic heterocycles. The summed E-state index contributed by atoms with van der Waals surface area (Å²) in [4.78, 5) is 19.6. The van der Waals surface area contributed by atoms with Gasteiger partial charge in [-0.2, -0.15) is 0 Å². The molecule has 0 amide bonds. The number of likely N-dealkylation sites (tertiary alicyclic amines) is 1. The maximum absolute atomic E-state index is 12.6. The molecule has 0 bridgehead atoms. The Morgan fingerprint density at radius 3 is 2.96 bits per heavy atom. The molecular formula is C18H24ClN3O. The topological polar surface area (TPSA) is 38.1 Å². The van der Waals surface area contributed by atoms with Crippen LogP contribution in [0.3, 0.4) is 0 Å². The van der Waals surface area contributed by atoms with Crippen LogP contribution in [0.1, 0.15) is 39.5 Å². The molecule has 124 valence electrons. The monoisotopic (exact) mass is 333 g/mol. The Morgan fingerprint density at radius 2 is 2.17 bits per heavy atom. The van der Waals surface area contributed by atoms with Gasteiger partial charge in [-0.25, -0.2) is 4.98 Å². The molecule has 0 N–H and O–H groups in total. The van der Waals surface area contributed by atoms with Gasteiger partial charge >= 0.3 is 0 Å². The summed E-state index contributed by atoms with van der Waals surface area (Å²) in [7, 11) is 0. The zero-order valence-electron chi connectivity index (χ0n) is 13.8. The Morgan fingerprint density at radius 1 is 1.35 bits per heavy atom. The Hall–Kier alpha value is -1.39. The van der Waals surface area contributed by atoms with Crippen molar-refractivity contribution in [2.24, 2.45) is 0 Å². The molecule has 23 heavy (non-hydrogen) atoms. The molecule has 1 atom stereocenters. The van der Waals surface area contributed by atoms with E-state index in [1.165, 1.54) is 25.8 Å². The molecule has 0 radical (unpaired) electrons. The molecule has 1 unspecified atom stereocenters. The minimum atomic E-state index is 0.0265. The van der Waals surface area contributed by atoms with Crippen molar-refractivity contribution in [1.29, 1.82) is 0 Å². The van der Waals surface area contributed by atoms with Crippen LogP contribution in [-0.2, 0) is 6.54 Å². The third kappa shape index (κ3) is 3.59. The van der Waals surface area contributed by atoms with Gasteiger partial charge in [-0.05, 0) is 57.9 Å². The molecule has 2 aromatic rings. The van der Waals surface area contributed by atoms with E-state index >= 15 is 0 Å². The van der Waals surface area contributed by atoms with Crippen LogP contribution in [0.2, 0.25) is 5.02 Å². The zero-order valence-corrected chi connectivity index (χ0v) is 14.6. The van der Waals surface area contributed by atoms with Crippen molar-refractivity contribution < 1.29 is 0 Å². The van der Waals surface area contributed by atoms with Crippen LogP contribution in [0, 0.1) is 0 Å². The lowest BCUT2D eigenvalue weighted by Crippen LogP contribution is -2.44. The third-order valence-corrected chi connectivity index (χ3v) is 5.06. The van der Waals surface area contributed by atoms with Crippen molar-refractivity contribution in [3.8, 4) is 0 Å². The average molecular weight is 334 g/mol. The van der Waals surface area contributed by atoms with E-state index in [9.17, 15) is 4.79 Å². The van der Waals surface area contributed by atoms with E-state index in [0.29, 0.717) is 28.0 Å². The number of hydrogen-bond acceptors (Lipinski definition) is 3. The van der Waals surface area contributed by atoms with E-state index in [1.807, 2.05) is 0 Å². The maximum atomic E-state index is 12.6. The number of benzene rings is 1. The summed E-state index contributed by atoms with van der Waals surface area (Å²) in [6.07, 6.45) is 6.45. The highest BCUT2D eigenvalue weighted by Gasteiger charge is 2.24. The standard InChI is InChI=1S/C18H24ClN3O/c1-13(2)22-9-4-3-5-15(22)8-10-21-12-20-17-11-14(19)6-7-16(17)18(21)23/h6-7,11-13,15H,3-5,8-10H2,1-2H3. The number of nitrogens with zero attached hydrogens (tertiary/aromatic N) is 3. The molecule has 4 nitrogen and oxygen atoms in total. The Labute approximate surface area is 142 Å². The Bertz CT molecular complexity index is 741. The van der Waals surface area contributed by atoms with Gasteiger partial charge in [0.05, 0.1) is 17.2 Å². The first-order valence-corrected chi connectivity index (χ1v) is 8.84. The van der Waals surface area contributed by atoms with Crippen LogP contribution in [0.4, 0.5) is 0 Å². The molecule has 1 saturated heterocycles. The van der Waals surface area contributed by atoms with E-state index in [4.69, 9.17) is 11.6 Å². The largest absolute Gasteiger partial charge is 0.299 e. The summed E-state index contributed by atoms with van der Waals surface area (Å²) in [5.74, 6) is 0. The molecule has 2 heterocycles. The van der Waals surface area contributed by atoms with Gasteiger partial charge in [0.1, 0.15) is 0 Å². The molecule has 3 rings (SSSR count). The Balaban J connectivity index is 1.78. The predicted octanol–water partition coefficient (Wildman–Crippen LogP) is 3.70. The normalized spacial score (nSPS) is 19.6. The average Bonchev–Trinajstić information content (AvgIpc) is 2.54. The molecular weight excluding hydrogens is 310 g/mol. The van der Waals surface area contributed by atoms with E-state index in [-0.39, 0.29) is 5.56 Å². The van der Waals surface area contributed by atoms with Crippen molar-refractivity contribution in [2.75, 3.05) is 6.54 Å². The van der Waals surface area contributed by atoms with Crippen LogP contribution in [0.15, 0.2) is 29.3 Å². The summed E-state index contributed by atoms with van der Waals surface area (Å²) in [5, 5.41) is 1.25. The number of piperidine rings is 1. The predicted molar refractivity (Wildman–Crippen MR) is 95.1 cm³/mol. The van der Waals surface area contributed by atoms with Crippen molar-refractivity contribution in [3.63, 3.8) is 0 Å². The summed E-state index contributed by atoms with van der Waals surface area (Å²) < 4.78 is 1.74. The van der Waals surface area contributed by atoms with Gasteiger partial charge in [-0.1, -0.05) is 18.0 Å². The van der Waals surface area contributed by atoms with Crippen molar-refractivity contribution >= 4 is 22.5 Å². The molecule has 1 aliphatic rings. The number of fused-ring (bicyclic) bond motifs is 1. The van der Waals surface area contributed by atoms with E-state index in [1.54, 1.807) is 29.1 Å². The summed E-state index contributed by atoms with van der Waals surface area (Å²) in [5.41, 5.74) is 0.693. The molecule has 1 fully saturated rings. The Kier molecular flexibility index (Phi) is 5.02. The molecule has 5 heteroatoms. The van der Waals surface area contributed by atoms with Crippen LogP contribution in [-0.4, -0.2) is 33.1 Å². The van der Waals surface area contributed by atoms with Crippen molar-refractivity contribution in [1.82, 2.24) is 14.5 Å². The summed E-state index contributed by atoms with van der Waals surface area (Å²) in [6, 6.07) is 6.39. The summed E-state index contributed by atoms with van der Waals surface area (Å²) >= 11 is 5.96. The van der Waals surface area contributed by atoms with Gasteiger partial charge in [-0.3, -0.25) is 14.3 Å². The first-order valence-electron chi connectivity index (χ1n) is 8.46. The van der Waals surface area contributed by atoms with Gasteiger partial charge in [0.2, 0.25) is 0 Å². The minimum absolute atomic E-state index is 0.0265. The lowest BCUT2D eigenvalue weighted by Gasteiger charge is -2.38. The molecule has 1 aliphatic heterocycles. The second-order valence-corrected chi connectivity index (χ2v) is 7.11. The smallest absolute Gasteiger partial charge is 0.261 e. The van der Waals surface area contributed by atoms with Crippen molar-refractivity contribution in [3.05, 3.63) is 39.9 Å². The van der Waals surface area contributed by atoms with Crippen LogP contribution >= 0.6 is 11.6 Å². The quantitative estimate of drug-likeness (QED) is 0.856. The number of rotatable bonds is 4. The lowest BCUT2D eigenvalue weighted by atomic mass is 9.97. The first kappa shape index (κ1) is 16.5. The van der Waals surface area contributed by atoms with Crippen LogP contribution in [0.5, 0.6) is 0 Å². The fraction of sp³-hybridized carbons (Fsp3) is 0.556. The van der Waals surface area contributed by atoms with Gasteiger partial charge in [-0.15, -0.1) is 0 Å². The van der Waals surface area contributed by atoms with Crippen LogP contribution < -0.4 is 5.56 Å². The van der Waals surface area contributed by atoms with Gasteiger partial charge in [0, 0.05) is 23.7 Å². The molecule has 0 aliphatic carbocycles. The van der Waals surface area contributed by atoms with E-state index < -0.39 is 0 Å². The van der Waals surface area contributed by atoms with E-state index in [0.717, 1.165) is 13.0 Å². The number of aryl methyl sites for hydroxylation is 1. The van der Waals surface area contributed by atoms with Crippen molar-refractivity contribution in [2.45, 2.75) is 58.2 Å². The SMILES string of the molecule is CC(C)N1CCCCC1CCn1cnc2cc(Cl)ccc2c1=O. The highest BCUT2D eigenvalue weighted by molar-refractivity contribution is 6.31. The number of aromatic nitrogens is 2. The molecule has 0 saturated carbocycles. The fourth-order valence-electron chi connectivity index (χ4n) is 3.59. The third-order valence-electron chi connectivity index (χ3n) is 4.83. The van der Waals surface area contributed by atoms with Gasteiger partial charge < -0.3 is 0 Å². The summed E-state index contributed by atoms with van der Waals surface area (Å²) in [6.45, 7) is 6.40. The molecule has 0 spiro atoms. The number of hydrogen-bond donors (Lipinski definition) is 0. The highest BCUT2D eigenvalue weighted by atomic mass is 35.5. The maximum Gasteiger partial charge on any atom is 0.261 e. The van der Waals surface area contributed by atoms with Gasteiger partial charge in [0.15, 0.2) is 0 Å². The first-order chi connectivity index (χ1) is 11.1. The van der Waals surface area contributed by atoms with E-state index in [2.05, 4.69) is 23.7 Å². The zero-order chi connectivity index (χ0) is 16.4. The minimum Gasteiger partial charge on any atom is -0.299 e. The second kappa shape index (κ2) is 7.02. The molecule has 1 aromatic carbocycles. The lowest BCUT2D eigenvalue weighted by molar-refractivity contribution is 0.102. The van der Waals surface area contributed by atoms with Gasteiger partial charge in [0.25, 0.3) is 5.56 Å². The second-order valence-electron chi connectivity index (χ2n) is 6.67. The fourth-order valence-corrected chi connectivity index (χ4v) is 3.76.